The van der Waals surface area contributed by atoms with E-state index in [1.807, 2.05) is 0 Å². The molecule has 0 amide bonds. The number of hydrogen-bond donors (Lipinski definition) is 3. The number of hydrogen-bond acceptors (Lipinski definition) is 2. The lowest BCUT2D eigenvalue weighted by molar-refractivity contribution is -0.143. The van der Waals surface area contributed by atoms with Crippen molar-refractivity contribution in [1.82, 2.24) is 4.98 Å². The average molecular weight is 299 g/mol. The van der Waals surface area contributed by atoms with Gasteiger partial charge in [0.2, 0.25) is 0 Å². The van der Waals surface area contributed by atoms with E-state index in [-0.39, 0.29) is 6.42 Å². The highest BCUT2D eigenvalue weighted by atomic mass is 35.5. The molecule has 19 heavy (non-hydrogen) atoms. The molecule has 0 bridgehead atoms. The van der Waals surface area contributed by atoms with Gasteiger partial charge in [0.15, 0.2) is 0 Å². The molecular weight excluding hydrogens is 287 g/mol. The predicted octanol–water partition coefficient (Wildman–Crippen LogP) is 2.75. The third kappa shape index (κ3) is 1.91. The first kappa shape index (κ1) is 12.8. The summed E-state index contributed by atoms with van der Waals surface area (Å²) in [6.45, 7) is 0. The maximum absolute atomic E-state index is 11.3. The molecule has 1 atom stereocenters. The minimum Gasteiger partial charge on any atom is -0.480 e. The predicted molar refractivity (Wildman–Crippen MR) is 74.9 cm³/mol. The third-order valence-electron chi connectivity index (χ3n) is 3.76. The van der Waals surface area contributed by atoms with Crippen molar-refractivity contribution < 1.29 is 9.90 Å². The van der Waals surface area contributed by atoms with Crippen LogP contribution >= 0.6 is 23.2 Å². The molecule has 4 nitrogen and oxygen atoms in total. The molecule has 0 aliphatic heterocycles. The molecule has 0 saturated heterocycles. The number of aromatic nitrogens is 1. The molecule has 1 aromatic heterocycles. The van der Waals surface area contributed by atoms with E-state index in [2.05, 4.69) is 4.98 Å². The fraction of sp³-hybridized carbons (Fsp3) is 0.308. The topological polar surface area (TPSA) is 79.1 Å². The van der Waals surface area contributed by atoms with Gasteiger partial charge in [0.05, 0.1) is 10.5 Å². The zero-order valence-electron chi connectivity index (χ0n) is 9.96. The number of carboxylic acid groups (broad SMARTS) is 1. The van der Waals surface area contributed by atoms with E-state index >= 15 is 0 Å². The Morgan fingerprint density at radius 3 is 2.84 bits per heavy atom. The van der Waals surface area contributed by atoms with Gasteiger partial charge in [0.25, 0.3) is 0 Å². The number of nitrogens with one attached hydrogen (secondary N) is 1. The first-order valence-electron chi connectivity index (χ1n) is 5.91. The standard InChI is InChI=1S/C13H12Cl2N2O2/c14-6-3-7-8-5-13(16,12(18)19)2-1-10(8)17-11(7)9(15)4-6/h3-4,17H,1-2,5,16H2,(H,18,19)/t13-/m0/s1. The van der Waals surface area contributed by atoms with E-state index < -0.39 is 11.5 Å². The van der Waals surface area contributed by atoms with E-state index in [1.165, 1.54) is 0 Å². The highest BCUT2D eigenvalue weighted by Crippen LogP contribution is 2.37. The van der Waals surface area contributed by atoms with E-state index in [1.54, 1.807) is 12.1 Å². The van der Waals surface area contributed by atoms with Crippen LogP contribution < -0.4 is 5.73 Å². The molecule has 4 N–H and O–H groups in total. The van der Waals surface area contributed by atoms with Gasteiger partial charge < -0.3 is 15.8 Å². The fourth-order valence-corrected chi connectivity index (χ4v) is 3.22. The van der Waals surface area contributed by atoms with Crippen molar-refractivity contribution in [2.45, 2.75) is 24.8 Å². The fourth-order valence-electron chi connectivity index (χ4n) is 2.68. The number of carboxylic acids is 1. The quantitative estimate of drug-likeness (QED) is 0.757. The smallest absolute Gasteiger partial charge is 0.324 e. The molecule has 1 aliphatic carbocycles. The number of rotatable bonds is 1. The van der Waals surface area contributed by atoms with E-state index in [9.17, 15) is 9.90 Å². The van der Waals surface area contributed by atoms with Crippen molar-refractivity contribution in [3.8, 4) is 0 Å². The lowest BCUT2D eigenvalue weighted by atomic mass is 9.80. The second kappa shape index (κ2) is 4.13. The summed E-state index contributed by atoms with van der Waals surface area (Å²) in [4.78, 5) is 14.5. The van der Waals surface area contributed by atoms with Crippen LogP contribution in [0.15, 0.2) is 12.1 Å². The van der Waals surface area contributed by atoms with Gasteiger partial charge in [-0.1, -0.05) is 23.2 Å². The Balaban J connectivity index is 2.21. The molecular formula is C13H12Cl2N2O2. The summed E-state index contributed by atoms with van der Waals surface area (Å²) in [5.74, 6) is -0.972. The Bertz CT molecular complexity index is 695. The molecule has 0 spiro atoms. The Kier molecular flexibility index (Phi) is 2.78. The normalized spacial score (nSPS) is 22.5. The van der Waals surface area contributed by atoms with Crippen LogP contribution in [0.3, 0.4) is 0 Å². The van der Waals surface area contributed by atoms with Gasteiger partial charge in [0, 0.05) is 22.5 Å². The van der Waals surface area contributed by atoms with Crippen LogP contribution in [-0.4, -0.2) is 21.6 Å². The molecule has 0 saturated carbocycles. The summed E-state index contributed by atoms with van der Waals surface area (Å²) < 4.78 is 0. The minimum atomic E-state index is -1.21. The lowest BCUT2D eigenvalue weighted by Crippen LogP contribution is -2.52. The molecule has 1 aromatic carbocycles. The van der Waals surface area contributed by atoms with E-state index in [4.69, 9.17) is 28.9 Å². The average Bonchev–Trinajstić information content (AvgIpc) is 2.67. The maximum Gasteiger partial charge on any atom is 0.324 e. The zero-order chi connectivity index (χ0) is 13.8. The highest BCUT2D eigenvalue weighted by molar-refractivity contribution is 6.38. The second-order valence-electron chi connectivity index (χ2n) is 5.03. The molecule has 0 radical (unpaired) electrons. The van der Waals surface area contributed by atoms with Crippen LogP contribution in [0.2, 0.25) is 10.0 Å². The van der Waals surface area contributed by atoms with Crippen molar-refractivity contribution in [2.24, 2.45) is 5.73 Å². The summed E-state index contributed by atoms with van der Waals surface area (Å²) in [5, 5.41) is 11.2. The number of H-pyrrole nitrogens is 1. The summed E-state index contributed by atoms with van der Waals surface area (Å²) in [5.41, 5.74) is 7.46. The zero-order valence-corrected chi connectivity index (χ0v) is 11.5. The van der Waals surface area contributed by atoms with Crippen LogP contribution in [0.4, 0.5) is 0 Å². The van der Waals surface area contributed by atoms with Crippen molar-refractivity contribution in [3.05, 3.63) is 33.4 Å². The van der Waals surface area contributed by atoms with Gasteiger partial charge in [0.1, 0.15) is 5.54 Å². The first-order chi connectivity index (χ1) is 8.90. The third-order valence-corrected chi connectivity index (χ3v) is 4.28. The molecule has 2 aromatic rings. The second-order valence-corrected chi connectivity index (χ2v) is 5.87. The number of aromatic amines is 1. The molecule has 1 heterocycles. The lowest BCUT2D eigenvalue weighted by Gasteiger charge is -2.29. The van der Waals surface area contributed by atoms with Gasteiger partial charge in [-0.3, -0.25) is 4.79 Å². The number of aryl methyl sites for hydroxylation is 1. The van der Waals surface area contributed by atoms with Gasteiger partial charge in [-0.2, -0.15) is 0 Å². The Labute approximate surface area is 119 Å². The first-order valence-corrected chi connectivity index (χ1v) is 6.67. The summed E-state index contributed by atoms with van der Waals surface area (Å²) in [7, 11) is 0. The van der Waals surface area contributed by atoms with Crippen molar-refractivity contribution >= 4 is 40.1 Å². The van der Waals surface area contributed by atoms with Crippen molar-refractivity contribution in [2.75, 3.05) is 0 Å². The van der Waals surface area contributed by atoms with Crippen LogP contribution in [0.5, 0.6) is 0 Å². The van der Waals surface area contributed by atoms with Crippen LogP contribution in [-0.2, 0) is 17.6 Å². The minimum absolute atomic E-state index is 0.286. The summed E-state index contributed by atoms with van der Waals surface area (Å²) in [6, 6.07) is 3.46. The molecule has 0 unspecified atom stereocenters. The number of benzene rings is 1. The molecule has 1 aliphatic rings. The number of halogens is 2. The number of nitrogens with two attached hydrogens (primary N) is 1. The SMILES string of the molecule is N[C@@]1(C(=O)O)CCc2[nH]c3c(Cl)cc(Cl)cc3c2C1. The highest BCUT2D eigenvalue weighted by Gasteiger charge is 2.39. The Hall–Kier alpha value is -1.23. The number of fused-ring (bicyclic) bond motifs is 3. The van der Waals surface area contributed by atoms with E-state index in [0.717, 1.165) is 22.2 Å². The van der Waals surface area contributed by atoms with E-state index in [0.29, 0.717) is 22.9 Å². The van der Waals surface area contributed by atoms with Crippen molar-refractivity contribution in [1.29, 1.82) is 0 Å². The number of carbonyl (C=O) groups is 1. The van der Waals surface area contributed by atoms with Gasteiger partial charge in [-0.25, -0.2) is 0 Å². The monoisotopic (exact) mass is 298 g/mol. The number of aliphatic carboxylic acids is 1. The van der Waals surface area contributed by atoms with Crippen molar-refractivity contribution in [3.63, 3.8) is 0 Å². The molecule has 6 heteroatoms. The Morgan fingerprint density at radius 1 is 1.42 bits per heavy atom. The maximum atomic E-state index is 11.3. The summed E-state index contributed by atoms with van der Waals surface area (Å²) in [6.07, 6.45) is 1.29. The molecule has 0 fully saturated rings. The molecule has 3 rings (SSSR count). The van der Waals surface area contributed by atoms with Crippen LogP contribution in [0.1, 0.15) is 17.7 Å². The van der Waals surface area contributed by atoms with Gasteiger partial charge in [-0.15, -0.1) is 0 Å². The summed E-state index contributed by atoms with van der Waals surface area (Å²) >= 11 is 12.2. The Morgan fingerprint density at radius 2 is 2.16 bits per heavy atom. The van der Waals surface area contributed by atoms with Gasteiger partial charge >= 0.3 is 5.97 Å². The van der Waals surface area contributed by atoms with Crippen LogP contribution in [0, 0.1) is 0 Å². The largest absolute Gasteiger partial charge is 0.480 e. The van der Waals surface area contributed by atoms with Crippen LogP contribution in [0.25, 0.3) is 10.9 Å². The molecule has 100 valence electrons. The van der Waals surface area contributed by atoms with Gasteiger partial charge in [-0.05, 0) is 30.5 Å².